The highest BCUT2D eigenvalue weighted by molar-refractivity contribution is 5.83. The molecule has 0 saturated heterocycles. The first-order valence-electron chi connectivity index (χ1n) is 8.65. The summed E-state index contributed by atoms with van der Waals surface area (Å²) in [5.41, 5.74) is 2.46. The third-order valence-corrected chi connectivity index (χ3v) is 4.45. The third-order valence-electron chi connectivity index (χ3n) is 4.45. The summed E-state index contributed by atoms with van der Waals surface area (Å²) in [4.78, 5) is 15.1. The number of amides is 1. The Bertz CT molecular complexity index is 699. The minimum atomic E-state index is 0.0864. The van der Waals surface area contributed by atoms with E-state index in [-0.39, 0.29) is 17.2 Å². The monoisotopic (exact) mass is 325 g/mol. The number of hydrogen-bond donors (Lipinski definition) is 0. The number of nitrogens with zero attached hydrogens (tertiary/aromatic N) is 3. The molecule has 1 saturated carbocycles. The van der Waals surface area contributed by atoms with E-state index in [0.29, 0.717) is 12.5 Å². The molecular formula is C20H27N3O. The van der Waals surface area contributed by atoms with E-state index >= 15 is 0 Å². The van der Waals surface area contributed by atoms with Crippen LogP contribution in [-0.2, 0) is 18.4 Å². The first-order valence-corrected chi connectivity index (χ1v) is 8.65. The number of carbonyl (C=O) groups excluding carboxylic acids is 1. The van der Waals surface area contributed by atoms with E-state index in [9.17, 15) is 4.79 Å². The Hall–Kier alpha value is -2.10. The van der Waals surface area contributed by atoms with Gasteiger partial charge in [0.25, 0.3) is 0 Å². The van der Waals surface area contributed by atoms with Gasteiger partial charge in [0.2, 0.25) is 5.91 Å². The van der Waals surface area contributed by atoms with E-state index in [4.69, 9.17) is 0 Å². The largest absolute Gasteiger partial charge is 0.338 e. The maximum absolute atomic E-state index is 13.1. The molecule has 0 N–H and O–H groups in total. The van der Waals surface area contributed by atoms with E-state index in [1.807, 2.05) is 47.2 Å². The predicted octanol–water partition coefficient (Wildman–Crippen LogP) is 3.60. The third kappa shape index (κ3) is 4.05. The van der Waals surface area contributed by atoms with Crippen molar-refractivity contribution in [2.75, 3.05) is 6.54 Å². The van der Waals surface area contributed by atoms with Crippen molar-refractivity contribution >= 4 is 5.91 Å². The van der Waals surface area contributed by atoms with Crippen molar-refractivity contribution in [2.24, 2.45) is 18.4 Å². The van der Waals surface area contributed by atoms with Crippen molar-refractivity contribution in [1.82, 2.24) is 14.7 Å². The molecule has 128 valence electrons. The van der Waals surface area contributed by atoms with Gasteiger partial charge in [0.1, 0.15) is 0 Å². The Morgan fingerprint density at radius 3 is 2.58 bits per heavy atom. The Kier molecular flexibility index (Phi) is 4.48. The summed E-state index contributed by atoms with van der Waals surface area (Å²) in [6.45, 7) is 8.02. The van der Waals surface area contributed by atoms with Crippen molar-refractivity contribution in [3.05, 3.63) is 53.9 Å². The van der Waals surface area contributed by atoms with Crippen LogP contribution < -0.4 is 0 Å². The highest BCUT2D eigenvalue weighted by Crippen LogP contribution is 2.48. The molecule has 4 heteroatoms. The second kappa shape index (κ2) is 6.42. The van der Waals surface area contributed by atoms with Crippen molar-refractivity contribution < 1.29 is 4.79 Å². The van der Waals surface area contributed by atoms with E-state index in [0.717, 1.165) is 13.0 Å². The SMILES string of the molecule is Cn1cc([C@H]2C[C@@H]2C(=O)N(Cc2ccccc2)CC(C)(C)C)cn1. The quantitative estimate of drug-likeness (QED) is 0.842. The molecule has 0 unspecified atom stereocenters. The Balaban J connectivity index is 1.72. The average molecular weight is 325 g/mol. The molecule has 1 heterocycles. The molecule has 0 bridgehead atoms. The fourth-order valence-corrected chi connectivity index (χ4v) is 3.29. The molecule has 1 aromatic heterocycles. The summed E-state index contributed by atoms with van der Waals surface area (Å²) in [5, 5.41) is 4.24. The maximum atomic E-state index is 13.1. The van der Waals surface area contributed by atoms with Crippen molar-refractivity contribution in [2.45, 2.75) is 39.7 Å². The topological polar surface area (TPSA) is 38.1 Å². The Morgan fingerprint density at radius 2 is 2.00 bits per heavy atom. The van der Waals surface area contributed by atoms with Gasteiger partial charge < -0.3 is 4.90 Å². The normalized spacial score (nSPS) is 20.0. The van der Waals surface area contributed by atoms with Crippen LogP contribution in [0, 0.1) is 11.3 Å². The van der Waals surface area contributed by atoms with Crippen molar-refractivity contribution in [3.63, 3.8) is 0 Å². The first kappa shape index (κ1) is 16.7. The lowest BCUT2D eigenvalue weighted by atomic mass is 9.95. The van der Waals surface area contributed by atoms with Gasteiger partial charge in [-0.05, 0) is 28.9 Å². The van der Waals surface area contributed by atoms with Crippen molar-refractivity contribution in [1.29, 1.82) is 0 Å². The Labute approximate surface area is 144 Å². The van der Waals surface area contributed by atoms with Gasteiger partial charge in [-0.3, -0.25) is 9.48 Å². The minimum Gasteiger partial charge on any atom is -0.338 e. The van der Waals surface area contributed by atoms with Gasteiger partial charge in [-0.15, -0.1) is 0 Å². The lowest BCUT2D eigenvalue weighted by molar-refractivity contribution is -0.134. The van der Waals surface area contributed by atoms with Crippen LogP contribution in [0.15, 0.2) is 42.7 Å². The number of carbonyl (C=O) groups is 1. The summed E-state index contributed by atoms with van der Waals surface area (Å²) in [7, 11) is 1.92. The van der Waals surface area contributed by atoms with Gasteiger partial charge in [0.05, 0.1) is 6.20 Å². The van der Waals surface area contributed by atoms with Crippen molar-refractivity contribution in [3.8, 4) is 0 Å². The molecule has 1 amide bonds. The number of benzene rings is 1. The highest BCUT2D eigenvalue weighted by Gasteiger charge is 2.46. The molecule has 2 aromatic rings. The average Bonchev–Trinajstić information content (AvgIpc) is 3.20. The fourth-order valence-electron chi connectivity index (χ4n) is 3.29. The second-order valence-corrected chi connectivity index (χ2v) is 8.14. The molecule has 2 atom stereocenters. The lowest BCUT2D eigenvalue weighted by Gasteiger charge is -2.30. The zero-order valence-corrected chi connectivity index (χ0v) is 15.1. The highest BCUT2D eigenvalue weighted by atomic mass is 16.2. The van der Waals surface area contributed by atoms with Gasteiger partial charge in [-0.25, -0.2) is 0 Å². The minimum absolute atomic E-state index is 0.0864. The van der Waals surface area contributed by atoms with Crippen LogP contribution in [0.5, 0.6) is 0 Å². The van der Waals surface area contributed by atoms with Crippen LogP contribution in [-0.4, -0.2) is 27.1 Å². The molecule has 1 aromatic carbocycles. The molecule has 1 aliphatic rings. The van der Waals surface area contributed by atoms with Gasteiger partial charge in [0, 0.05) is 32.3 Å². The van der Waals surface area contributed by atoms with Crippen LogP contribution in [0.3, 0.4) is 0 Å². The smallest absolute Gasteiger partial charge is 0.226 e. The summed E-state index contributed by atoms with van der Waals surface area (Å²) in [6.07, 6.45) is 4.87. The van der Waals surface area contributed by atoms with Gasteiger partial charge >= 0.3 is 0 Å². The van der Waals surface area contributed by atoms with E-state index in [1.165, 1.54) is 11.1 Å². The molecule has 4 nitrogen and oxygen atoms in total. The zero-order chi connectivity index (χ0) is 17.3. The van der Waals surface area contributed by atoms with E-state index in [2.05, 4.69) is 38.0 Å². The summed E-state index contributed by atoms with van der Waals surface area (Å²) < 4.78 is 1.81. The molecule has 24 heavy (non-hydrogen) atoms. The van der Waals surface area contributed by atoms with Crippen LogP contribution in [0.25, 0.3) is 0 Å². The van der Waals surface area contributed by atoms with Crippen LogP contribution in [0.1, 0.15) is 44.2 Å². The van der Waals surface area contributed by atoms with Gasteiger partial charge in [0.15, 0.2) is 0 Å². The zero-order valence-electron chi connectivity index (χ0n) is 15.1. The molecular weight excluding hydrogens is 298 g/mol. The molecule has 0 spiro atoms. The van der Waals surface area contributed by atoms with Crippen LogP contribution in [0.4, 0.5) is 0 Å². The van der Waals surface area contributed by atoms with Gasteiger partial charge in [-0.2, -0.15) is 5.10 Å². The lowest BCUT2D eigenvalue weighted by Crippen LogP contribution is -2.38. The first-order chi connectivity index (χ1) is 11.3. The maximum Gasteiger partial charge on any atom is 0.226 e. The second-order valence-electron chi connectivity index (χ2n) is 8.14. The molecule has 1 aliphatic carbocycles. The standard InChI is InChI=1S/C20H27N3O/c1-20(2,3)14-23(12-15-8-6-5-7-9-15)19(24)18-10-17(18)16-11-21-22(4)13-16/h5-9,11,13,17-18H,10,12,14H2,1-4H3/t17-,18+/m1/s1. The molecule has 0 radical (unpaired) electrons. The van der Waals surface area contributed by atoms with Crippen LogP contribution >= 0.6 is 0 Å². The molecule has 0 aliphatic heterocycles. The predicted molar refractivity (Wildman–Crippen MR) is 95.4 cm³/mol. The van der Waals surface area contributed by atoms with Crippen LogP contribution in [0.2, 0.25) is 0 Å². The number of hydrogen-bond acceptors (Lipinski definition) is 2. The van der Waals surface area contributed by atoms with E-state index in [1.54, 1.807) is 0 Å². The fraction of sp³-hybridized carbons (Fsp3) is 0.500. The summed E-state index contributed by atoms with van der Waals surface area (Å²) in [6, 6.07) is 10.3. The van der Waals surface area contributed by atoms with Gasteiger partial charge in [-0.1, -0.05) is 51.1 Å². The number of aromatic nitrogens is 2. The summed E-state index contributed by atoms with van der Waals surface area (Å²) in [5.74, 6) is 0.729. The number of aryl methyl sites for hydroxylation is 1. The molecule has 1 fully saturated rings. The van der Waals surface area contributed by atoms with E-state index < -0.39 is 0 Å². The molecule has 3 rings (SSSR count). The Morgan fingerprint density at radius 1 is 1.29 bits per heavy atom. The summed E-state index contributed by atoms with van der Waals surface area (Å²) >= 11 is 0. The number of rotatable bonds is 5.